The Morgan fingerprint density at radius 2 is 1.95 bits per heavy atom. The van der Waals surface area contributed by atoms with E-state index in [1.54, 1.807) is 23.5 Å². The minimum atomic E-state index is -0.125. The molecule has 1 aliphatic heterocycles. The maximum Gasteiger partial charge on any atom is 0.189 e. The zero-order chi connectivity index (χ0) is 14.3. The third kappa shape index (κ3) is 2.52. The molecular formula is C14H17N3OS2. The number of aromatic nitrogens is 3. The van der Waals surface area contributed by atoms with Crippen molar-refractivity contribution in [2.75, 3.05) is 12.5 Å². The summed E-state index contributed by atoms with van der Waals surface area (Å²) in [4.78, 5) is 13.9. The van der Waals surface area contributed by atoms with Crippen molar-refractivity contribution in [3.05, 3.63) is 17.3 Å². The first-order valence-corrected chi connectivity index (χ1v) is 8.90. The van der Waals surface area contributed by atoms with Crippen molar-refractivity contribution in [3.8, 4) is 0 Å². The quantitative estimate of drug-likeness (QED) is 0.482. The molecule has 3 rings (SSSR count). The predicted octanol–water partition coefficient (Wildman–Crippen LogP) is 3.32. The van der Waals surface area contributed by atoms with Gasteiger partial charge in [-0.15, -0.1) is 11.8 Å². The zero-order valence-corrected chi connectivity index (χ0v) is 13.7. The van der Waals surface area contributed by atoms with Gasteiger partial charge in [0.2, 0.25) is 0 Å². The molecule has 0 N–H and O–H groups in total. The Bertz CT molecular complexity index is 673. The fraction of sp³-hybridized carbons (Fsp3) is 0.500. The predicted molar refractivity (Wildman–Crippen MR) is 83.5 cm³/mol. The molecule has 0 amide bonds. The molecule has 0 aliphatic carbocycles. The average molecular weight is 307 g/mol. The number of thioether (sulfide) groups is 2. The number of pyridine rings is 1. The third-order valence-corrected chi connectivity index (χ3v) is 4.60. The van der Waals surface area contributed by atoms with Crippen LogP contribution in [0.4, 0.5) is 0 Å². The van der Waals surface area contributed by atoms with Crippen LogP contribution in [0.5, 0.6) is 0 Å². The Labute approximate surface area is 127 Å². The highest BCUT2D eigenvalue weighted by Crippen LogP contribution is 2.31. The summed E-state index contributed by atoms with van der Waals surface area (Å²) in [5.41, 5.74) is 3.96. The van der Waals surface area contributed by atoms with Gasteiger partial charge in [-0.3, -0.25) is 0 Å². The van der Waals surface area contributed by atoms with E-state index >= 15 is 0 Å². The molecule has 0 aromatic carbocycles. The lowest BCUT2D eigenvalue weighted by Gasteiger charge is -2.31. The molecule has 0 saturated carbocycles. The summed E-state index contributed by atoms with van der Waals surface area (Å²) in [5.74, 6) is 0. The number of hydrogen-bond donors (Lipinski definition) is 0. The maximum absolute atomic E-state index is 5.84. The summed E-state index contributed by atoms with van der Waals surface area (Å²) in [6.45, 7) is 4.79. The van der Waals surface area contributed by atoms with Crippen molar-refractivity contribution in [2.45, 2.75) is 42.7 Å². The molecule has 0 atom stereocenters. The van der Waals surface area contributed by atoms with Crippen LogP contribution in [0.1, 0.15) is 25.1 Å². The highest BCUT2D eigenvalue weighted by Gasteiger charge is 2.27. The van der Waals surface area contributed by atoms with Crippen molar-refractivity contribution in [3.63, 3.8) is 0 Å². The Hall–Kier alpha value is -0.850. The third-order valence-electron chi connectivity index (χ3n) is 3.38. The first kappa shape index (κ1) is 14.1. The number of rotatable bonds is 2. The molecule has 0 saturated heterocycles. The van der Waals surface area contributed by atoms with E-state index in [9.17, 15) is 0 Å². The van der Waals surface area contributed by atoms with E-state index in [0.29, 0.717) is 6.61 Å². The van der Waals surface area contributed by atoms with Gasteiger partial charge in [-0.25, -0.2) is 15.0 Å². The van der Waals surface area contributed by atoms with E-state index in [4.69, 9.17) is 9.72 Å². The number of nitrogens with zero attached hydrogens (tertiary/aromatic N) is 3. The molecule has 3 heterocycles. The second-order valence-corrected chi connectivity index (χ2v) is 6.97. The van der Waals surface area contributed by atoms with Crippen molar-refractivity contribution in [1.29, 1.82) is 0 Å². The highest BCUT2D eigenvalue weighted by atomic mass is 32.2. The van der Waals surface area contributed by atoms with Crippen LogP contribution in [0.2, 0.25) is 0 Å². The minimum absolute atomic E-state index is 0.125. The van der Waals surface area contributed by atoms with Crippen molar-refractivity contribution < 1.29 is 4.74 Å². The van der Waals surface area contributed by atoms with Gasteiger partial charge in [0.05, 0.1) is 23.4 Å². The van der Waals surface area contributed by atoms with E-state index in [1.165, 1.54) is 5.56 Å². The Morgan fingerprint density at radius 1 is 1.15 bits per heavy atom. The monoisotopic (exact) mass is 307 g/mol. The van der Waals surface area contributed by atoms with E-state index < -0.39 is 0 Å². The summed E-state index contributed by atoms with van der Waals surface area (Å²) in [7, 11) is 0. The molecule has 0 spiro atoms. The molecule has 0 fully saturated rings. The van der Waals surface area contributed by atoms with Crippen molar-refractivity contribution in [2.24, 2.45) is 0 Å². The molecule has 6 heteroatoms. The lowest BCUT2D eigenvalue weighted by molar-refractivity contribution is -0.0418. The standard InChI is InChI=1S/C14H17N3OS2/c1-14(2)6-8-5-9-11(15-10(8)7-18-14)12(19-3)17-13(16-9)20-4/h5H,6-7H2,1-4H3. The first-order chi connectivity index (χ1) is 9.52. The van der Waals surface area contributed by atoms with Crippen LogP contribution in [-0.4, -0.2) is 33.1 Å². The fourth-order valence-electron chi connectivity index (χ4n) is 2.38. The van der Waals surface area contributed by atoms with Crippen LogP contribution in [0.25, 0.3) is 11.0 Å². The van der Waals surface area contributed by atoms with Gasteiger partial charge in [0, 0.05) is 6.42 Å². The van der Waals surface area contributed by atoms with Crippen LogP contribution < -0.4 is 0 Å². The largest absolute Gasteiger partial charge is 0.369 e. The number of ether oxygens (including phenoxy) is 1. The van der Waals surface area contributed by atoms with Crippen LogP contribution in [0.15, 0.2) is 16.2 Å². The van der Waals surface area contributed by atoms with Gasteiger partial charge in [0.1, 0.15) is 10.5 Å². The van der Waals surface area contributed by atoms with Crippen LogP contribution in [0.3, 0.4) is 0 Å². The van der Waals surface area contributed by atoms with E-state index in [-0.39, 0.29) is 5.60 Å². The summed E-state index contributed by atoms with van der Waals surface area (Å²) in [6.07, 6.45) is 4.89. The molecular weight excluding hydrogens is 290 g/mol. The van der Waals surface area contributed by atoms with Crippen LogP contribution in [0, 0.1) is 0 Å². The van der Waals surface area contributed by atoms with Gasteiger partial charge in [-0.05, 0) is 38.0 Å². The van der Waals surface area contributed by atoms with Gasteiger partial charge < -0.3 is 4.74 Å². The van der Waals surface area contributed by atoms with E-state index in [2.05, 4.69) is 29.9 Å². The number of hydrogen-bond acceptors (Lipinski definition) is 6. The Kier molecular flexibility index (Phi) is 3.64. The molecule has 4 nitrogen and oxygen atoms in total. The van der Waals surface area contributed by atoms with Crippen LogP contribution in [-0.2, 0) is 17.8 Å². The fourth-order valence-corrected chi connectivity index (χ4v) is 3.33. The molecule has 106 valence electrons. The summed E-state index contributed by atoms with van der Waals surface area (Å²) < 4.78 is 5.84. The van der Waals surface area contributed by atoms with Gasteiger partial charge in [-0.2, -0.15) is 0 Å². The topological polar surface area (TPSA) is 47.9 Å². The average Bonchev–Trinajstić information content (AvgIpc) is 2.43. The summed E-state index contributed by atoms with van der Waals surface area (Å²) in [6, 6.07) is 2.16. The Balaban J connectivity index is 2.20. The lowest BCUT2D eigenvalue weighted by atomic mass is 9.94. The smallest absolute Gasteiger partial charge is 0.189 e. The summed E-state index contributed by atoms with van der Waals surface area (Å²) in [5, 5.41) is 1.74. The van der Waals surface area contributed by atoms with E-state index in [1.807, 2.05) is 12.5 Å². The zero-order valence-electron chi connectivity index (χ0n) is 12.1. The molecule has 0 unspecified atom stereocenters. The SMILES string of the molecule is CSc1nc(SC)c2nc3c(cc2n1)CC(C)(C)OC3. The second kappa shape index (κ2) is 5.16. The van der Waals surface area contributed by atoms with Gasteiger partial charge in [-0.1, -0.05) is 11.8 Å². The van der Waals surface area contributed by atoms with Crippen molar-refractivity contribution in [1.82, 2.24) is 15.0 Å². The van der Waals surface area contributed by atoms with E-state index in [0.717, 1.165) is 33.3 Å². The normalized spacial score (nSPS) is 17.2. The van der Waals surface area contributed by atoms with Crippen LogP contribution >= 0.6 is 23.5 Å². The number of fused-ring (bicyclic) bond motifs is 2. The lowest BCUT2D eigenvalue weighted by Crippen LogP contribution is -2.32. The minimum Gasteiger partial charge on any atom is -0.369 e. The van der Waals surface area contributed by atoms with Gasteiger partial charge >= 0.3 is 0 Å². The Morgan fingerprint density at radius 3 is 2.65 bits per heavy atom. The molecule has 2 aromatic rings. The molecule has 1 aliphatic rings. The molecule has 2 aromatic heterocycles. The van der Waals surface area contributed by atoms with Crippen molar-refractivity contribution >= 4 is 34.6 Å². The molecule has 20 heavy (non-hydrogen) atoms. The maximum atomic E-state index is 5.84. The second-order valence-electron chi connectivity index (χ2n) is 5.41. The molecule has 0 bridgehead atoms. The van der Waals surface area contributed by atoms with Gasteiger partial charge in [0.15, 0.2) is 5.16 Å². The summed E-state index contributed by atoms with van der Waals surface area (Å²) >= 11 is 3.17. The molecule has 0 radical (unpaired) electrons. The highest BCUT2D eigenvalue weighted by molar-refractivity contribution is 7.99. The van der Waals surface area contributed by atoms with Gasteiger partial charge in [0.25, 0.3) is 0 Å². The first-order valence-electron chi connectivity index (χ1n) is 6.45.